The lowest BCUT2D eigenvalue weighted by molar-refractivity contribution is 0.310. The molecule has 10 aromatic carbocycles. The molecule has 5 nitrogen and oxygen atoms in total. The van der Waals surface area contributed by atoms with E-state index < -0.39 is 0 Å². The van der Waals surface area contributed by atoms with Crippen molar-refractivity contribution in [2.24, 2.45) is 0 Å². The van der Waals surface area contributed by atoms with Gasteiger partial charge in [-0.15, -0.1) is 0 Å². The molecule has 0 radical (unpaired) electrons. The summed E-state index contributed by atoms with van der Waals surface area (Å²) in [5, 5.41) is 0. The standard InChI is InChI=1S/C72H69N3O2/c1-7-9-47-76-71-33-21-19-31-69(71)74(67-29-17-13-25-54(67)5)63-43-37-57(38-44-63)60-49-59(56-35-41-62(42-36-56)73(65-27-15-11-23-52(65)3)66-28-16-12-24-53(66)4)50-61(51-60)58-39-45-64(46-40-58)75(68-30-18-14-26-55(68)6)70-32-20-22-34-72(70)77-48-10-8-2/h11-46,49-51H,7-10,47-48H2,1-6H3. The number of nitrogens with zero attached hydrogens (tertiary/aromatic N) is 3. The van der Waals surface area contributed by atoms with Gasteiger partial charge < -0.3 is 24.2 Å². The van der Waals surface area contributed by atoms with Gasteiger partial charge in [-0.3, -0.25) is 0 Å². The Kier molecular flexibility index (Phi) is 16.3. The summed E-state index contributed by atoms with van der Waals surface area (Å²) in [5.74, 6) is 1.74. The van der Waals surface area contributed by atoms with Crippen molar-refractivity contribution in [3.8, 4) is 44.9 Å². The van der Waals surface area contributed by atoms with E-state index in [4.69, 9.17) is 9.47 Å². The van der Waals surface area contributed by atoms with Gasteiger partial charge in [0, 0.05) is 39.8 Å². The Bertz CT molecular complexity index is 3360. The number of para-hydroxylation sites is 8. The molecule has 10 aromatic rings. The lowest BCUT2D eigenvalue weighted by Gasteiger charge is -2.29. The van der Waals surface area contributed by atoms with Gasteiger partial charge in [-0.25, -0.2) is 0 Å². The molecule has 0 aliphatic rings. The van der Waals surface area contributed by atoms with Gasteiger partial charge in [-0.05, 0) is 199 Å². The van der Waals surface area contributed by atoms with E-state index in [1.807, 2.05) is 0 Å². The monoisotopic (exact) mass is 1010 g/mol. The molecule has 0 fully saturated rings. The minimum absolute atomic E-state index is 0.669. The lowest BCUT2D eigenvalue weighted by Crippen LogP contribution is -2.13. The first-order valence-electron chi connectivity index (χ1n) is 27.3. The molecular weight excluding hydrogens is 939 g/mol. The summed E-state index contributed by atoms with van der Waals surface area (Å²) in [6.45, 7) is 14.5. The third-order valence-electron chi connectivity index (χ3n) is 14.5. The van der Waals surface area contributed by atoms with E-state index in [2.05, 4.69) is 293 Å². The van der Waals surface area contributed by atoms with E-state index in [0.717, 1.165) is 122 Å². The summed E-state index contributed by atoms with van der Waals surface area (Å²) in [7, 11) is 0. The molecule has 0 N–H and O–H groups in total. The van der Waals surface area contributed by atoms with Crippen LogP contribution in [0.3, 0.4) is 0 Å². The fourth-order valence-corrected chi connectivity index (χ4v) is 10.2. The number of hydrogen-bond acceptors (Lipinski definition) is 5. The maximum absolute atomic E-state index is 6.46. The Labute approximate surface area is 457 Å². The van der Waals surface area contributed by atoms with E-state index >= 15 is 0 Å². The zero-order valence-electron chi connectivity index (χ0n) is 45.4. The van der Waals surface area contributed by atoms with Crippen LogP contribution in [0.15, 0.2) is 237 Å². The van der Waals surface area contributed by atoms with Crippen molar-refractivity contribution in [1.82, 2.24) is 0 Å². The van der Waals surface area contributed by atoms with Gasteiger partial charge in [-0.1, -0.05) is 160 Å². The summed E-state index contributed by atoms with van der Waals surface area (Å²) in [5.41, 5.74) is 21.3. The predicted octanol–water partition coefficient (Wildman–Crippen LogP) is 20.7. The summed E-state index contributed by atoms with van der Waals surface area (Å²) >= 11 is 0. The van der Waals surface area contributed by atoms with Crippen molar-refractivity contribution in [2.75, 3.05) is 27.9 Å². The molecule has 10 rings (SSSR count). The summed E-state index contributed by atoms with van der Waals surface area (Å²) in [6, 6.07) is 85.4. The van der Waals surface area contributed by atoms with E-state index in [-0.39, 0.29) is 0 Å². The molecule has 0 spiro atoms. The zero-order chi connectivity index (χ0) is 53.1. The average molecular weight is 1010 g/mol. The first-order chi connectivity index (χ1) is 37.8. The van der Waals surface area contributed by atoms with Crippen LogP contribution in [0.25, 0.3) is 33.4 Å². The van der Waals surface area contributed by atoms with Gasteiger partial charge in [0.25, 0.3) is 0 Å². The number of anilines is 9. The Balaban J connectivity index is 1.08. The van der Waals surface area contributed by atoms with Crippen molar-refractivity contribution in [1.29, 1.82) is 0 Å². The van der Waals surface area contributed by atoms with Gasteiger partial charge in [0.05, 0.1) is 24.6 Å². The second-order valence-corrected chi connectivity index (χ2v) is 19.9. The second-order valence-electron chi connectivity index (χ2n) is 19.9. The van der Waals surface area contributed by atoms with E-state index in [1.54, 1.807) is 0 Å². The van der Waals surface area contributed by atoms with E-state index in [1.165, 1.54) is 22.3 Å². The van der Waals surface area contributed by atoms with Crippen molar-refractivity contribution in [2.45, 2.75) is 67.2 Å². The topological polar surface area (TPSA) is 28.2 Å². The molecule has 77 heavy (non-hydrogen) atoms. The number of aryl methyl sites for hydroxylation is 4. The van der Waals surface area contributed by atoms with E-state index in [9.17, 15) is 0 Å². The highest BCUT2D eigenvalue weighted by Crippen LogP contribution is 2.45. The van der Waals surface area contributed by atoms with Crippen LogP contribution in [0.2, 0.25) is 0 Å². The Morgan fingerprint density at radius 1 is 0.273 bits per heavy atom. The molecule has 0 aromatic heterocycles. The van der Waals surface area contributed by atoms with Crippen LogP contribution in [0.4, 0.5) is 51.2 Å². The van der Waals surface area contributed by atoms with Crippen LogP contribution in [0.5, 0.6) is 11.5 Å². The molecule has 0 aliphatic carbocycles. The second kappa shape index (κ2) is 24.3. The highest BCUT2D eigenvalue weighted by atomic mass is 16.5. The highest BCUT2D eigenvalue weighted by molar-refractivity contribution is 5.88. The molecule has 0 unspecified atom stereocenters. The quantitative estimate of drug-likeness (QED) is 0.0710. The molecule has 0 saturated carbocycles. The van der Waals surface area contributed by atoms with Crippen LogP contribution in [-0.4, -0.2) is 13.2 Å². The van der Waals surface area contributed by atoms with Crippen LogP contribution in [0.1, 0.15) is 61.8 Å². The molecule has 0 amide bonds. The van der Waals surface area contributed by atoms with Gasteiger partial charge in [-0.2, -0.15) is 0 Å². The number of unbranched alkanes of at least 4 members (excludes halogenated alkanes) is 2. The van der Waals surface area contributed by atoms with Crippen LogP contribution < -0.4 is 24.2 Å². The fraction of sp³-hybridized carbons (Fsp3) is 0.167. The number of rotatable bonds is 20. The van der Waals surface area contributed by atoms with Crippen LogP contribution >= 0.6 is 0 Å². The van der Waals surface area contributed by atoms with Gasteiger partial charge >= 0.3 is 0 Å². The first-order valence-corrected chi connectivity index (χ1v) is 27.3. The fourth-order valence-electron chi connectivity index (χ4n) is 10.2. The van der Waals surface area contributed by atoms with Crippen molar-refractivity contribution in [3.05, 3.63) is 259 Å². The Hall–Kier alpha value is -8.80. The molecule has 0 aliphatic heterocycles. The minimum Gasteiger partial charge on any atom is -0.491 e. The van der Waals surface area contributed by atoms with Gasteiger partial charge in [0.1, 0.15) is 11.5 Å². The summed E-state index contributed by atoms with van der Waals surface area (Å²) in [6.07, 6.45) is 4.14. The zero-order valence-corrected chi connectivity index (χ0v) is 45.4. The summed E-state index contributed by atoms with van der Waals surface area (Å²) in [4.78, 5) is 7.04. The normalized spacial score (nSPS) is 11.0. The molecule has 384 valence electrons. The maximum atomic E-state index is 6.46. The molecule has 0 bridgehead atoms. The summed E-state index contributed by atoms with van der Waals surface area (Å²) < 4.78 is 12.9. The van der Waals surface area contributed by atoms with Gasteiger partial charge in [0.2, 0.25) is 0 Å². The third kappa shape index (κ3) is 11.6. The smallest absolute Gasteiger partial charge is 0.143 e. The number of ether oxygens (including phenoxy) is 2. The minimum atomic E-state index is 0.669. The Morgan fingerprint density at radius 3 is 0.792 bits per heavy atom. The van der Waals surface area contributed by atoms with Crippen molar-refractivity contribution in [3.63, 3.8) is 0 Å². The first kappa shape index (κ1) is 51.7. The number of benzene rings is 10. The molecule has 0 atom stereocenters. The van der Waals surface area contributed by atoms with Gasteiger partial charge in [0.15, 0.2) is 0 Å². The third-order valence-corrected chi connectivity index (χ3v) is 14.5. The molecule has 0 saturated heterocycles. The largest absolute Gasteiger partial charge is 0.491 e. The Morgan fingerprint density at radius 2 is 0.519 bits per heavy atom. The highest BCUT2D eigenvalue weighted by Gasteiger charge is 2.22. The van der Waals surface area contributed by atoms with Crippen LogP contribution in [0, 0.1) is 27.7 Å². The van der Waals surface area contributed by atoms with Crippen molar-refractivity contribution < 1.29 is 9.47 Å². The lowest BCUT2D eigenvalue weighted by atomic mass is 9.93. The SMILES string of the molecule is CCCCOc1ccccc1N(c1ccc(-c2cc(-c3ccc(N(c4ccccc4C)c4ccccc4C)cc3)cc(-c3ccc(N(c4ccccc4C)c4ccccc4OCCCC)cc3)c2)cc1)c1ccccc1C. The van der Waals surface area contributed by atoms with E-state index in [0.29, 0.717) is 13.2 Å². The predicted molar refractivity (Wildman–Crippen MR) is 327 cm³/mol. The van der Waals surface area contributed by atoms with Crippen molar-refractivity contribution >= 4 is 51.2 Å². The number of hydrogen-bond donors (Lipinski definition) is 0. The molecule has 5 heteroatoms. The van der Waals surface area contributed by atoms with Crippen LogP contribution in [-0.2, 0) is 0 Å². The molecule has 0 heterocycles. The average Bonchev–Trinajstić information content (AvgIpc) is 3.50. The molecular formula is C72H69N3O2. The maximum Gasteiger partial charge on any atom is 0.143 e.